The topological polar surface area (TPSA) is 71.5 Å². The summed E-state index contributed by atoms with van der Waals surface area (Å²) in [7, 11) is 0. The summed E-state index contributed by atoms with van der Waals surface area (Å²) in [6.07, 6.45) is 5.07. The van der Waals surface area contributed by atoms with Gasteiger partial charge >= 0.3 is 0 Å². The van der Waals surface area contributed by atoms with Gasteiger partial charge in [-0.3, -0.25) is 4.79 Å². The Bertz CT molecular complexity index is 513. The van der Waals surface area contributed by atoms with E-state index in [-0.39, 0.29) is 18.6 Å². The number of amides is 1. The number of hydrogen-bond acceptors (Lipinski definition) is 4. The maximum atomic E-state index is 11.9. The monoisotopic (exact) mass is 274 g/mol. The molecule has 1 unspecified atom stereocenters. The molecule has 0 radical (unpaired) electrons. The zero-order valence-corrected chi connectivity index (χ0v) is 11.3. The molecule has 1 amide bonds. The maximum absolute atomic E-state index is 11.9. The fourth-order valence-corrected chi connectivity index (χ4v) is 2.09. The smallest absolute Gasteiger partial charge is 0.228 e. The molecule has 0 saturated carbocycles. The van der Waals surface area contributed by atoms with Gasteiger partial charge in [-0.15, -0.1) is 0 Å². The lowest BCUT2D eigenvalue weighted by molar-refractivity contribution is -0.119. The minimum absolute atomic E-state index is 0.0149. The predicted octanol–water partition coefficient (Wildman–Crippen LogP) is 1.32. The highest BCUT2D eigenvalue weighted by molar-refractivity contribution is 5.90. The van der Waals surface area contributed by atoms with Crippen molar-refractivity contribution in [3.8, 4) is 11.8 Å². The number of rotatable bonds is 3. The number of nitrogens with one attached hydrogen (secondary N) is 1. The van der Waals surface area contributed by atoms with Crippen LogP contribution in [0, 0.1) is 11.8 Å². The number of hydrogen-bond donors (Lipinski definition) is 2. The summed E-state index contributed by atoms with van der Waals surface area (Å²) in [5.41, 5.74) is 0.707. The number of aliphatic hydroxyl groups is 1. The molecule has 1 aliphatic rings. The van der Waals surface area contributed by atoms with Gasteiger partial charge < -0.3 is 15.2 Å². The van der Waals surface area contributed by atoms with Crippen molar-refractivity contribution in [2.45, 2.75) is 31.8 Å². The standard InChI is InChI=1S/C15H18N2O3/c18-8-3-4-12-6-7-16-14(10-12)17-15(19)11-13-5-1-2-9-20-13/h6-7,10,13,18H,1-2,5,8-9,11H2,(H,16,17,19). The summed E-state index contributed by atoms with van der Waals surface area (Å²) in [5.74, 6) is 5.70. The molecule has 1 atom stereocenters. The largest absolute Gasteiger partial charge is 0.384 e. The molecule has 1 aromatic heterocycles. The molecule has 1 aliphatic heterocycles. The van der Waals surface area contributed by atoms with Crippen LogP contribution in [0.25, 0.3) is 0 Å². The van der Waals surface area contributed by atoms with Gasteiger partial charge in [-0.05, 0) is 31.4 Å². The van der Waals surface area contributed by atoms with Crippen LogP contribution in [0.4, 0.5) is 5.82 Å². The molecule has 106 valence electrons. The molecule has 20 heavy (non-hydrogen) atoms. The van der Waals surface area contributed by atoms with Crippen molar-refractivity contribution in [1.29, 1.82) is 0 Å². The van der Waals surface area contributed by atoms with Gasteiger partial charge in [0.15, 0.2) is 0 Å². The van der Waals surface area contributed by atoms with E-state index in [0.29, 0.717) is 17.8 Å². The molecule has 1 saturated heterocycles. The number of carbonyl (C=O) groups excluding carboxylic acids is 1. The average molecular weight is 274 g/mol. The highest BCUT2D eigenvalue weighted by atomic mass is 16.5. The van der Waals surface area contributed by atoms with Gasteiger partial charge in [-0.25, -0.2) is 4.98 Å². The van der Waals surface area contributed by atoms with E-state index >= 15 is 0 Å². The summed E-state index contributed by atoms with van der Waals surface area (Å²) in [4.78, 5) is 16.0. The van der Waals surface area contributed by atoms with Crippen molar-refractivity contribution in [1.82, 2.24) is 4.98 Å². The Hall–Kier alpha value is -1.90. The third-order valence-electron chi connectivity index (χ3n) is 3.03. The van der Waals surface area contributed by atoms with Crippen molar-refractivity contribution in [3.63, 3.8) is 0 Å². The third kappa shape index (κ3) is 4.65. The molecule has 5 heteroatoms. The van der Waals surface area contributed by atoms with Crippen molar-refractivity contribution < 1.29 is 14.6 Å². The first-order valence-corrected chi connectivity index (χ1v) is 6.75. The third-order valence-corrected chi connectivity index (χ3v) is 3.03. The van der Waals surface area contributed by atoms with Crippen LogP contribution in [-0.4, -0.2) is 35.3 Å². The van der Waals surface area contributed by atoms with E-state index in [4.69, 9.17) is 9.84 Å². The van der Waals surface area contributed by atoms with Crippen molar-refractivity contribution in [3.05, 3.63) is 23.9 Å². The number of aromatic nitrogens is 1. The van der Waals surface area contributed by atoms with Gasteiger partial charge in [0.1, 0.15) is 12.4 Å². The van der Waals surface area contributed by atoms with Crippen LogP contribution in [0.2, 0.25) is 0 Å². The van der Waals surface area contributed by atoms with Crippen molar-refractivity contribution in [2.24, 2.45) is 0 Å². The Balaban J connectivity index is 1.90. The minimum Gasteiger partial charge on any atom is -0.384 e. The summed E-state index contributed by atoms with van der Waals surface area (Å²) in [6, 6.07) is 3.41. The minimum atomic E-state index is -0.191. The molecular formula is C15H18N2O3. The van der Waals surface area contributed by atoms with Crippen LogP contribution >= 0.6 is 0 Å². The fourth-order valence-electron chi connectivity index (χ4n) is 2.09. The zero-order valence-electron chi connectivity index (χ0n) is 11.3. The SMILES string of the molecule is O=C(CC1CCCCO1)Nc1cc(C#CCO)ccn1. The number of aliphatic hydroxyl groups excluding tert-OH is 1. The first kappa shape index (κ1) is 14.5. The normalized spacial score (nSPS) is 17.9. The van der Waals surface area contributed by atoms with E-state index in [1.807, 2.05) is 0 Å². The van der Waals surface area contributed by atoms with Gasteiger partial charge in [0.25, 0.3) is 0 Å². The van der Waals surface area contributed by atoms with Crippen LogP contribution in [0.5, 0.6) is 0 Å². The summed E-state index contributed by atoms with van der Waals surface area (Å²) in [6.45, 7) is 0.547. The molecule has 0 aliphatic carbocycles. The van der Waals surface area contributed by atoms with E-state index in [1.54, 1.807) is 18.3 Å². The first-order chi connectivity index (χ1) is 9.78. The Morgan fingerprint density at radius 3 is 3.20 bits per heavy atom. The van der Waals surface area contributed by atoms with Crippen molar-refractivity contribution in [2.75, 3.05) is 18.5 Å². The van der Waals surface area contributed by atoms with Crippen LogP contribution in [-0.2, 0) is 9.53 Å². The van der Waals surface area contributed by atoms with Crippen LogP contribution in [0.15, 0.2) is 18.3 Å². The molecule has 0 spiro atoms. The molecule has 5 nitrogen and oxygen atoms in total. The molecule has 1 aromatic rings. The van der Waals surface area contributed by atoms with E-state index < -0.39 is 0 Å². The van der Waals surface area contributed by atoms with Gasteiger partial charge in [0.2, 0.25) is 5.91 Å². The van der Waals surface area contributed by atoms with E-state index in [2.05, 4.69) is 22.1 Å². The second kappa shape index (κ2) is 7.63. The summed E-state index contributed by atoms with van der Waals surface area (Å²) >= 11 is 0. The van der Waals surface area contributed by atoms with Crippen LogP contribution in [0.3, 0.4) is 0 Å². The fraction of sp³-hybridized carbons (Fsp3) is 0.467. The lowest BCUT2D eigenvalue weighted by atomic mass is 10.1. The van der Waals surface area contributed by atoms with Crippen molar-refractivity contribution >= 4 is 11.7 Å². The Kier molecular flexibility index (Phi) is 5.54. The van der Waals surface area contributed by atoms with Crippen LogP contribution in [0.1, 0.15) is 31.2 Å². The molecule has 1 fully saturated rings. The molecule has 0 bridgehead atoms. The predicted molar refractivity (Wildman–Crippen MR) is 75.0 cm³/mol. The van der Waals surface area contributed by atoms with Gasteiger partial charge in [-0.2, -0.15) is 0 Å². The van der Waals surface area contributed by atoms with E-state index in [9.17, 15) is 4.79 Å². The van der Waals surface area contributed by atoms with E-state index in [1.165, 1.54) is 0 Å². The van der Waals surface area contributed by atoms with Crippen LogP contribution < -0.4 is 5.32 Å². The first-order valence-electron chi connectivity index (χ1n) is 6.75. The highest BCUT2D eigenvalue weighted by Gasteiger charge is 2.17. The summed E-state index contributed by atoms with van der Waals surface area (Å²) in [5, 5.41) is 11.4. The number of nitrogens with zero attached hydrogens (tertiary/aromatic N) is 1. The molecular weight excluding hydrogens is 256 g/mol. The molecule has 2 rings (SSSR count). The maximum Gasteiger partial charge on any atom is 0.228 e. The van der Waals surface area contributed by atoms with E-state index in [0.717, 1.165) is 25.9 Å². The average Bonchev–Trinajstić information content (AvgIpc) is 2.46. The Morgan fingerprint density at radius 1 is 1.55 bits per heavy atom. The lowest BCUT2D eigenvalue weighted by Gasteiger charge is -2.21. The second-order valence-corrected chi connectivity index (χ2v) is 4.63. The molecule has 2 heterocycles. The van der Waals surface area contributed by atoms with Gasteiger partial charge in [-0.1, -0.05) is 11.8 Å². The summed E-state index contributed by atoms with van der Waals surface area (Å²) < 4.78 is 5.53. The highest BCUT2D eigenvalue weighted by Crippen LogP contribution is 2.16. The number of ether oxygens (including phenoxy) is 1. The zero-order chi connectivity index (χ0) is 14.2. The lowest BCUT2D eigenvalue weighted by Crippen LogP contribution is -2.25. The number of anilines is 1. The number of pyridine rings is 1. The molecule has 0 aromatic carbocycles. The van der Waals surface area contributed by atoms with Gasteiger partial charge in [0, 0.05) is 18.4 Å². The number of carbonyl (C=O) groups is 1. The second-order valence-electron chi connectivity index (χ2n) is 4.63. The quantitative estimate of drug-likeness (QED) is 0.816. The Morgan fingerprint density at radius 2 is 2.45 bits per heavy atom. The molecule has 2 N–H and O–H groups in total. The Labute approximate surface area is 118 Å². The van der Waals surface area contributed by atoms with Gasteiger partial charge in [0.05, 0.1) is 12.5 Å².